The summed E-state index contributed by atoms with van der Waals surface area (Å²) in [6.45, 7) is 3.68. The first kappa shape index (κ1) is 20.4. The Morgan fingerprint density at radius 2 is 1.92 bits per heavy atom. The molecule has 2 rings (SSSR count). The molecule has 140 valence electrons. The van der Waals surface area contributed by atoms with Crippen LogP contribution in [0.4, 0.5) is 0 Å². The SMILES string of the molecule is CCOC(=O)c1ccc(S(=O)(=O)NC(C)c2ccccc2OC)c(Br)c1. The number of para-hydroxylation sites is 1. The molecule has 1 N–H and O–H groups in total. The van der Waals surface area contributed by atoms with Crippen LogP contribution in [0.25, 0.3) is 0 Å². The predicted octanol–water partition coefficient (Wildman–Crippen LogP) is 3.67. The molecule has 0 bridgehead atoms. The van der Waals surface area contributed by atoms with Crippen LogP contribution in [0.1, 0.15) is 35.8 Å². The number of hydrogen-bond donors (Lipinski definition) is 1. The summed E-state index contributed by atoms with van der Waals surface area (Å²) in [6.07, 6.45) is 0. The zero-order valence-electron chi connectivity index (χ0n) is 14.7. The lowest BCUT2D eigenvalue weighted by atomic mass is 10.1. The molecule has 0 aliphatic rings. The Balaban J connectivity index is 2.28. The van der Waals surface area contributed by atoms with Gasteiger partial charge in [0.05, 0.1) is 24.2 Å². The molecule has 0 fully saturated rings. The van der Waals surface area contributed by atoms with E-state index in [-0.39, 0.29) is 21.5 Å². The molecule has 0 aliphatic heterocycles. The second-order valence-corrected chi connectivity index (χ2v) is 7.99. The van der Waals surface area contributed by atoms with Crippen molar-refractivity contribution in [3.63, 3.8) is 0 Å². The van der Waals surface area contributed by atoms with Crippen molar-refractivity contribution in [2.45, 2.75) is 24.8 Å². The van der Waals surface area contributed by atoms with Gasteiger partial charge in [0.25, 0.3) is 0 Å². The minimum atomic E-state index is -3.82. The van der Waals surface area contributed by atoms with Gasteiger partial charge in [-0.2, -0.15) is 0 Å². The van der Waals surface area contributed by atoms with Crippen LogP contribution in [0.3, 0.4) is 0 Å². The molecule has 8 heteroatoms. The van der Waals surface area contributed by atoms with E-state index in [0.717, 1.165) is 5.56 Å². The van der Waals surface area contributed by atoms with Gasteiger partial charge in [0, 0.05) is 16.1 Å². The Morgan fingerprint density at radius 1 is 1.23 bits per heavy atom. The Hall–Kier alpha value is -1.90. The molecule has 2 aromatic rings. The molecule has 1 atom stereocenters. The molecular weight excluding hydrogens is 422 g/mol. The maximum atomic E-state index is 12.7. The van der Waals surface area contributed by atoms with E-state index >= 15 is 0 Å². The molecule has 0 aliphatic carbocycles. The Bertz CT molecular complexity index is 898. The fourth-order valence-corrected chi connectivity index (χ4v) is 4.74. The first-order valence-corrected chi connectivity index (χ1v) is 10.2. The van der Waals surface area contributed by atoms with Gasteiger partial charge >= 0.3 is 5.97 Å². The van der Waals surface area contributed by atoms with Crippen LogP contribution in [0.2, 0.25) is 0 Å². The second-order valence-electron chi connectivity index (χ2n) is 5.45. The number of sulfonamides is 1. The summed E-state index contributed by atoms with van der Waals surface area (Å²) >= 11 is 3.23. The first-order valence-electron chi connectivity index (χ1n) is 7.92. The molecule has 1 unspecified atom stereocenters. The highest BCUT2D eigenvalue weighted by Crippen LogP contribution is 2.28. The molecule has 0 radical (unpaired) electrons. The first-order chi connectivity index (χ1) is 12.3. The Labute approximate surface area is 161 Å². The number of halogens is 1. The summed E-state index contributed by atoms with van der Waals surface area (Å²) in [6, 6.07) is 10.9. The van der Waals surface area contributed by atoms with Crippen molar-refractivity contribution in [2.75, 3.05) is 13.7 Å². The lowest BCUT2D eigenvalue weighted by Crippen LogP contribution is -2.27. The van der Waals surface area contributed by atoms with Crippen molar-refractivity contribution in [1.29, 1.82) is 0 Å². The summed E-state index contributed by atoms with van der Waals surface area (Å²) < 4.78 is 38.6. The van der Waals surface area contributed by atoms with E-state index in [4.69, 9.17) is 9.47 Å². The third-order valence-corrected chi connectivity index (χ3v) is 6.19. The fraction of sp³-hybridized carbons (Fsp3) is 0.278. The third-order valence-electron chi connectivity index (χ3n) is 3.67. The summed E-state index contributed by atoms with van der Waals surface area (Å²) in [5.41, 5.74) is 0.994. The lowest BCUT2D eigenvalue weighted by Gasteiger charge is -2.18. The van der Waals surface area contributed by atoms with Crippen LogP contribution in [-0.4, -0.2) is 28.1 Å². The van der Waals surface area contributed by atoms with Crippen LogP contribution in [0.5, 0.6) is 5.75 Å². The van der Waals surface area contributed by atoms with Gasteiger partial charge in [-0.15, -0.1) is 0 Å². The average molecular weight is 442 g/mol. The molecule has 0 amide bonds. The number of rotatable bonds is 7. The highest BCUT2D eigenvalue weighted by atomic mass is 79.9. The highest BCUT2D eigenvalue weighted by molar-refractivity contribution is 9.10. The summed E-state index contributed by atoms with van der Waals surface area (Å²) in [5.74, 6) is 0.0897. The average Bonchev–Trinajstić information content (AvgIpc) is 2.61. The van der Waals surface area contributed by atoms with Gasteiger partial charge < -0.3 is 9.47 Å². The second kappa shape index (κ2) is 8.66. The monoisotopic (exact) mass is 441 g/mol. The molecular formula is C18H20BrNO5S. The smallest absolute Gasteiger partial charge is 0.338 e. The van der Waals surface area contributed by atoms with Crippen molar-refractivity contribution >= 4 is 31.9 Å². The maximum Gasteiger partial charge on any atom is 0.338 e. The van der Waals surface area contributed by atoms with E-state index in [1.54, 1.807) is 26.0 Å². The molecule has 0 saturated heterocycles. The van der Waals surface area contributed by atoms with E-state index in [1.807, 2.05) is 12.1 Å². The standard InChI is InChI=1S/C18H20BrNO5S/c1-4-25-18(21)13-9-10-17(15(19)11-13)26(22,23)20-12(2)14-7-5-6-8-16(14)24-3/h5-12,20H,4H2,1-3H3. The van der Waals surface area contributed by atoms with Gasteiger partial charge in [0.15, 0.2) is 0 Å². The molecule has 2 aromatic carbocycles. The topological polar surface area (TPSA) is 81.7 Å². The van der Waals surface area contributed by atoms with Crippen molar-refractivity contribution in [1.82, 2.24) is 4.72 Å². The maximum absolute atomic E-state index is 12.7. The van der Waals surface area contributed by atoms with Crippen LogP contribution >= 0.6 is 15.9 Å². The number of ether oxygens (including phenoxy) is 2. The number of hydrogen-bond acceptors (Lipinski definition) is 5. The lowest BCUT2D eigenvalue weighted by molar-refractivity contribution is 0.0526. The van der Waals surface area contributed by atoms with Crippen LogP contribution in [0, 0.1) is 0 Å². The molecule has 26 heavy (non-hydrogen) atoms. The van der Waals surface area contributed by atoms with E-state index in [2.05, 4.69) is 20.7 Å². The zero-order chi connectivity index (χ0) is 19.3. The van der Waals surface area contributed by atoms with Gasteiger partial charge in [-0.05, 0) is 54.0 Å². The molecule has 0 saturated carbocycles. The van der Waals surface area contributed by atoms with E-state index in [9.17, 15) is 13.2 Å². The quantitative estimate of drug-likeness (QED) is 0.662. The largest absolute Gasteiger partial charge is 0.496 e. The number of carbonyl (C=O) groups excluding carboxylic acids is 1. The molecule has 0 spiro atoms. The van der Waals surface area contributed by atoms with Gasteiger partial charge in [-0.1, -0.05) is 18.2 Å². The number of nitrogens with one attached hydrogen (secondary N) is 1. The van der Waals surface area contributed by atoms with Crippen LogP contribution in [-0.2, 0) is 14.8 Å². The van der Waals surface area contributed by atoms with Crippen LogP contribution in [0.15, 0.2) is 51.8 Å². The summed E-state index contributed by atoms with van der Waals surface area (Å²) in [4.78, 5) is 11.8. The van der Waals surface area contributed by atoms with Gasteiger partial charge in [0.1, 0.15) is 5.75 Å². The normalized spacial score (nSPS) is 12.5. The van der Waals surface area contributed by atoms with Crippen molar-refractivity contribution in [3.05, 3.63) is 58.1 Å². The third kappa shape index (κ3) is 4.63. The van der Waals surface area contributed by atoms with Gasteiger partial charge in [-0.25, -0.2) is 17.9 Å². The summed E-state index contributed by atoms with van der Waals surface area (Å²) in [5, 5.41) is 0. The van der Waals surface area contributed by atoms with Gasteiger partial charge in [-0.3, -0.25) is 0 Å². The van der Waals surface area contributed by atoms with E-state index in [1.165, 1.54) is 25.3 Å². The zero-order valence-corrected chi connectivity index (χ0v) is 17.1. The van der Waals surface area contributed by atoms with Crippen molar-refractivity contribution < 1.29 is 22.7 Å². The minimum absolute atomic E-state index is 0.0345. The summed E-state index contributed by atoms with van der Waals surface area (Å²) in [7, 11) is -2.29. The minimum Gasteiger partial charge on any atom is -0.496 e. The number of carbonyl (C=O) groups is 1. The Morgan fingerprint density at radius 3 is 2.54 bits per heavy atom. The number of esters is 1. The van der Waals surface area contributed by atoms with Crippen molar-refractivity contribution in [3.8, 4) is 5.75 Å². The number of methoxy groups -OCH3 is 1. The Kier molecular flexibility index (Phi) is 6.80. The van der Waals surface area contributed by atoms with Crippen molar-refractivity contribution in [2.24, 2.45) is 0 Å². The molecule has 0 aromatic heterocycles. The predicted molar refractivity (Wildman–Crippen MR) is 102 cm³/mol. The van der Waals surface area contributed by atoms with E-state index < -0.39 is 22.0 Å². The van der Waals surface area contributed by atoms with Gasteiger partial charge in [0.2, 0.25) is 10.0 Å². The fourth-order valence-electron chi connectivity index (χ4n) is 2.44. The number of benzene rings is 2. The molecule has 6 nitrogen and oxygen atoms in total. The van der Waals surface area contributed by atoms with Crippen LogP contribution < -0.4 is 9.46 Å². The highest BCUT2D eigenvalue weighted by Gasteiger charge is 2.23. The molecule has 0 heterocycles. The van der Waals surface area contributed by atoms with E-state index in [0.29, 0.717) is 5.75 Å².